The second-order valence-corrected chi connectivity index (χ2v) is 18.1. The quantitative estimate of drug-likeness (QED) is 0.267. The van der Waals surface area contributed by atoms with Crippen molar-refractivity contribution in [2.45, 2.75) is 62.6 Å². The number of ether oxygens (including phenoxy) is 1. The van der Waals surface area contributed by atoms with Crippen molar-refractivity contribution in [3.05, 3.63) is 75.3 Å². The lowest BCUT2D eigenvalue weighted by Crippen LogP contribution is -2.44. The Morgan fingerprint density at radius 2 is 1.82 bits per heavy atom. The van der Waals surface area contributed by atoms with Crippen LogP contribution in [0.3, 0.4) is 0 Å². The summed E-state index contributed by atoms with van der Waals surface area (Å²) in [7, 11) is -1.32. The Balaban J connectivity index is 1.43. The molecule has 4 rings (SSSR count). The molecule has 1 unspecified atom stereocenters. The summed E-state index contributed by atoms with van der Waals surface area (Å²) in [5.74, 6) is -0.312. The molecule has 0 saturated carbocycles. The van der Waals surface area contributed by atoms with E-state index in [1.807, 2.05) is 18.2 Å². The van der Waals surface area contributed by atoms with Crippen LogP contribution in [-0.2, 0) is 21.1 Å². The fraction of sp³-hybridized carbons (Fsp3) is 0.448. The summed E-state index contributed by atoms with van der Waals surface area (Å²) in [5.41, 5.74) is 1.17. The first-order valence-electron chi connectivity index (χ1n) is 13.1. The second-order valence-electron chi connectivity index (χ2n) is 11.6. The first kappa shape index (κ1) is 29.4. The highest BCUT2D eigenvalue weighted by atomic mass is 79.9. The molecule has 0 bridgehead atoms. The average molecular weight is 624 g/mol. The number of nitrogens with zero attached hydrogens (tertiary/aromatic N) is 1. The molecule has 2 amide bonds. The number of carbonyl (C=O) groups is 2. The molecule has 0 radical (unpaired) electrons. The topological polar surface area (TPSA) is 58.6 Å². The average Bonchev–Trinajstić information content (AvgIpc) is 3.15. The fourth-order valence-electron chi connectivity index (χ4n) is 5.53. The van der Waals surface area contributed by atoms with Crippen LogP contribution in [0, 0.1) is 0 Å². The van der Waals surface area contributed by atoms with E-state index in [4.69, 9.17) is 4.74 Å². The van der Waals surface area contributed by atoms with E-state index < -0.39 is 25.9 Å². The van der Waals surface area contributed by atoms with Crippen LogP contribution in [-0.4, -0.2) is 44.7 Å². The molecule has 1 N–H and O–H groups in total. The van der Waals surface area contributed by atoms with Crippen LogP contribution in [0.2, 0.25) is 25.7 Å². The van der Waals surface area contributed by atoms with E-state index in [0.717, 1.165) is 27.7 Å². The van der Waals surface area contributed by atoms with Gasteiger partial charge in [-0.3, -0.25) is 4.79 Å². The van der Waals surface area contributed by atoms with E-state index in [1.54, 1.807) is 4.90 Å². The number of fused-ring (bicyclic) bond motifs is 2. The summed E-state index contributed by atoms with van der Waals surface area (Å²) in [6, 6.07) is 11.9. The molecule has 1 saturated heterocycles. The summed E-state index contributed by atoms with van der Waals surface area (Å²) in [5, 5.41) is 3.06. The third-order valence-electron chi connectivity index (χ3n) is 7.63. The molecule has 2 aromatic rings. The van der Waals surface area contributed by atoms with Crippen LogP contribution in [0.5, 0.6) is 0 Å². The Labute approximate surface area is 236 Å². The van der Waals surface area contributed by atoms with Crippen molar-refractivity contribution in [2.24, 2.45) is 0 Å². The third kappa shape index (κ3) is 6.95. The van der Waals surface area contributed by atoms with Gasteiger partial charge in [-0.1, -0.05) is 65.9 Å². The second kappa shape index (κ2) is 11.5. The minimum Gasteiger partial charge on any atom is -0.450 e. The van der Waals surface area contributed by atoms with E-state index in [-0.39, 0.29) is 22.9 Å². The van der Waals surface area contributed by atoms with Gasteiger partial charge in [0.25, 0.3) is 0 Å². The number of nitrogens with one attached hydrogen (secondary N) is 1. The van der Waals surface area contributed by atoms with Crippen molar-refractivity contribution < 1.29 is 27.5 Å². The van der Waals surface area contributed by atoms with Crippen LogP contribution in [0.25, 0.3) is 6.08 Å². The molecule has 1 atom stereocenters. The zero-order chi connectivity index (χ0) is 28.4. The van der Waals surface area contributed by atoms with E-state index in [1.165, 1.54) is 30.4 Å². The van der Waals surface area contributed by atoms with Crippen molar-refractivity contribution in [1.29, 1.82) is 0 Å². The zero-order valence-corrected chi connectivity index (χ0v) is 25.0. The monoisotopic (exact) mass is 622 g/mol. The normalized spacial score (nSPS) is 18.8. The van der Waals surface area contributed by atoms with Crippen LogP contribution in [0.4, 0.5) is 18.0 Å². The number of halogens is 4. The third-order valence-corrected chi connectivity index (χ3v) is 9.99. The Bertz CT molecular complexity index is 1250. The Morgan fingerprint density at radius 3 is 2.49 bits per heavy atom. The highest BCUT2D eigenvalue weighted by Crippen LogP contribution is 2.53. The highest BCUT2D eigenvalue weighted by molar-refractivity contribution is 9.10. The number of likely N-dealkylation sites (tertiary alicyclic amines) is 1. The molecule has 2 aromatic carbocycles. The number of rotatable bonds is 6. The molecule has 10 heteroatoms. The van der Waals surface area contributed by atoms with E-state index in [9.17, 15) is 22.8 Å². The molecule has 1 fully saturated rings. The largest absolute Gasteiger partial charge is 0.450 e. The summed E-state index contributed by atoms with van der Waals surface area (Å²) in [6.45, 7) is 8.05. The first-order chi connectivity index (χ1) is 18.3. The standard InChI is InChI=1S/C29H34BrF3N2O3Si/c1-39(2,3)18-17-38-27(37)34-24-19-28(26-21(24)8-6-10-23(26)30)13-15-35(16-14-28)25(36)12-11-20-7-4-5-9-22(20)29(31,32)33/h4-12,24H,13-19H2,1-3H3,(H,34,37)/b12-11+. The van der Waals surface area contributed by atoms with Gasteiger partial charge < -0.3 is 15.0 Å². The van der Waals surface area contributed by atoms with Gasteiger partial charge in [0.05, 0.1) is 18.2 Å². The number of carbonyl (C=O) groups excluding carboxylic acids is 2. The molecule has 1 heterocycles. The van der Waals surface area contributed by atoms with Gasteiger partial charge in [0, 0.05) is 37.1 Å². The van der Waals surface area contributed by atoms with Gasteiger partial charge >= 0.3 is 12.3 Å². The summed E-state index contributed by atoms with van der Waals surface area (Å²) in [4.78, 5) is 27.2. The fourth-order valence-corrected chi connectivity index (χ4v) is 7.05. The first-order valence-corrected chi connectivity index (χ1v) is 17.6. The molecule has 1 aliphatic heterocycles. The van der Waals surface area contributed by atoms with Gasteiger partial charge in [0.2, 0.25) is 5.91 Å². The van der Waals surface area contributed by atoms with E-state index >= 15 is 0 Å². The molecule has 5 nitrogen and oxygen atoms in total. The number of alkyl carbamates (subject to hydrolysis) is 1. The number of benzene rings is 2. The van der Waals surface area contributed by atoms with Crippen LogP contribution < -0.4 is 5.32 Å². The lowest BCUT2D eigenvalue weighted by molar-refractivity contribution is -0.137. The van der Waals surface area contributed by atoms with Crippen LogP contribution in [0.1, 0.15) is 47.6 Å². The molecular weight excluding hydrogens is 589 g/mol. The number of hydrogen-bond acceptors (Lipinski definition) is 3. The lowest BCUT2D eigenvalue weighted by Gasteiger charge is -2.40. The predicted molar refractivity (Wildman–Crippen MR) is 152 cm³/mol. The van der Waals surface area contributed by atoms with Gasteiger partial charge in [-0.25, -0.2) is 4.79 Å². The number of piperidine rings is 1. The molecule has 1 aliphatic carbocycles. The Morgan fingerprint density at radius 1 is 1.13 bits per heavy atom. The number of hydrogen-bond donors (Lipinski definition) is 1. The molecule has 210 valence electrons. The Hall–Kier alpha value is -2.59. The van der Waals surface area contributed by atoms with Gasteiger partial charge in [-0.2, -0.15) is 13.2 Å². The van der Waals surface area contributed by atoms with Gasteiger partial charge in [-0.15, -0.1) is 0 Å². The summed E-state index contributed by atoms with van der Waals surface area (Å²) in [6.07, 6.45) is -0.375. The highest BCUT2D eigenvalue weighted by Gasteiger charge is 2.47. The van der Waals surface area contributed by atoms with Crippen molar-refractivity contribution in [1.82, 2.24) is 10.2 Å². The van der Waals surface area contributed by atoms with Crippen LogP contribution in [0.15, 0.2) is 53.0 Å². The number of amides is 2. The smallest absolute Gasteiger partial charge is 0.416 e. The van der Waals surface area contributed by atoms with Crippen LogP contribution >= 0.6 is 15.9 Å². The van der Waals surface area contributed by atoms with Crippen molar-refractivity contribution in [3.8, 4) is 0 Å². The maximum atomic E-state index is 13.3. The maximum Gasteiger partial charge on any atom is 0.416 e. The van der Waals surface area contributed by atoms with Gasteiger partial charge in [0.15, 0.2) is 0 Å². The minimum absolute atomic E-state index is 0.0360. The SMILES string of the molecule is C[Si](C)(C)CCOC(=O)NC1CC2(CCN(C(=O)/C=C/c3ccccc3C(F)(F)F)CC2)c2c(Br)cccc21. The van der Waals surface area contributed by atoms with Crippen molar-refractivity contribution in [2.75, 3.05) is 19.7 Å². The van der Waals surface area contributed by atoms with Gasteiger partial charge in [0.1, 0.15) is 0 Å². The Kier molecular flexibility index (Phi) is 8.66. The lowest BCUT2D eigenvalue weighted by atomic mass is 9.73. The number of alkyl halides is 3. The minimum atomic E-state index is -4.49. The van der Waals surface area contributed by atoms with E-state index in [2.05, 4.69) is 40.9 Å². The molecule has 2 aliphatic rings. The molecular formula is C29H34BrF3N2O3Si. The molecule has 1 spiro atoms. The van der Waals surface area contributed by atoms with Crippen molar-refractivity contribution in [3.63, 3.8) is 0 Å². The zero-order valence-electron chi connectivity index (χ0n) is 22.4. The molecule has 39 heavy (non-hydrogen) atoms. The molecule has 0 aromatic heterocycles. The summed E-state index contributed by atoms with van der Waals surface area (Å²) >= 11 is 3.71. The summed E-state index contributed by atoms with van der Waals surface area (Å²) < 4.78 is 46.4. The maximum absolute atomic E-state index is 13.3. The van der Waals surface area contributed by atoms with Gasteiger partial charge in [-0.05, 0) is 60.2 Å². The predicted octanol–water partition coefficient (Wildman–Crippen LogP) is 7.55. The van der Waals surface area contributed by atoms with Crippen molar-refractivity contribution >= 4 is 42.1 Å². The van der Waals surface area contributed by atoms with E-state index in [0.29, 0.717) is 39.0 Å².